The third kappa shape index (κ3) is 6.36. The van der Waals surface area contributed by atoms with Crippen molar-refractivity contribution in [3.8, 4) is 0 Å². The van der Waals surface area contributed by atoms with Crippen LogP contribution in [0.1, 0.15) is 19.4 Å². The van der Waals surface area contributed by atoms with Crippen molar-refractivity contribution in [1.29, 1.82) is 0 Å². The third-order valence-corrected chi connectivity index (χ3v) is 3.11. The van der Waals surface area contributed by atoms with Crippen molar-refractivity contribution >= 4 is 11.6 Å². The fourth-order valence-corrected chi connectivity index (χ4v) is 1.62. The highest BCUT2D eigenvalue weighted by Crippen LogP contribution is 2.15. The maximum Gasteiger partial charge on any atom is 0.0898 e. The van der Waals surface area contributed by atoms with Crippen molar-refractivity contribution in [3.05, 3.63) is 34.9 Å². The number of benzene rings is 1. The Balaban J connectivity index is 2.24. The van der Waals surface area contributed by atoms with Crippen LogP contribution in [0.25, 0.3) is 0 Å². The number of aliphatic hydroxyl groups is 2. The normalized spacial score (nSPS) is 13.5. The Kier molecular flexibility index (Phi) is 6.75. The van der Waals surface area contributed by atoms with Gasteiger partial charge in [0.1, 0.15) is 0 Å². The second-order valence-corrected chi connectivity index (χ2v) is 5.59. The second-order valence-electron chi connectivity index (χ2n) is 5.18. The summed E-state index contributed by atoms with van der Waals surface area (Å²) in [5.41, 5.74) is 0.504. The molecule has 3 N–H and O–H groups in total. The summed E-state index contributed by atoms with van der Waals surface area (Å²) in [4.78, 5) is 0. The third-order valence-electron chi connectivity index (χ3n) is 2.74. The summed E-state index contributed by atoms with van der Waals surface area (Å²) < 4.78 is 5.42. The summed E-state index contributed by atoms with van der Waals surface area (Å²) in [7, 11) is 0. The minimum Gasteiger partial charge on any atom is -0.394 e. The second kappa shape index (κ2) is 7.82. The zero-order valence-corrected chi connectivity index (χ0v) is 12.2. The maximum absolute atomic E-state index is 9.75. The molecule has 0 radical (unpaired) electrons. The van der Waals surface area contributed by atoms with Gasteiger partial charge in [-0.15, -0.1) is 0 Å². The van der Waals surface area contributed by atoms with Gasteiger partial charge in [0.15, 0.2) is 0 Å². The number of halogens is 1. The van der Waals surface area contributed by atoms with Crippen LogP contribution >= 0.6 is 11.6 Å². The SMILES string of the molecule is CC(C)(CO)NCC(O)COCc1ccccc1Cl. The molecule has 0 spiro atoms. The van der Waals surface area contributed by atoms with Crippen LogP contribution in [0, 0.1) is 0 Å². The van der Waals surface area contributed by atoms with E-state index in [0.717, 1.165) is 5.56 Å². The topological polar surface area (TPSA) is 61.7 Å². The first-order valence-corrected chi connectivity index (χ1v) is 6.67. The highest BCUT2D eigenvalue weighted by atomic mass is 35.5. The number of ether oxygens (including phenoxy) is 1. The molecule has 0 fully saturated rings. The molecule has 108 valence electrons. The molecule has 0 saturated carbocycles. The molecule has 1 aromatic carbocycles. The molecule has 0 heterocycles. The Morgan fingerprint density at radius 1 is 1.37 bits per heavy atom. The van der Waals surface area contributed by atoms with Gasteiger partial charge in [0, 0.05) is 17.1 Å². The van der Waals surface area contributed by atoms with E-state index in [0.29, 0.717) is 18.2 Å². The average Bonchev–Trinajstić information content (AvgIpc) is 2.39. The fraction of sp³-hybridized carbons (Fsp3) is 0.571. The lowest BCUT2D eigenvalue weighted by molar-refractivity contribution is 0.0237. The Labute approximate surface area is 119 Å². The van der Waals surface area contributed by atoms with Gasteiger partial charge in [-0.25, -0.2) is 0 Å². The molecule has 0 saturated heterocycles. The summed E-state index contributed by atoms with van der Waals surface area (Å²) in [5, 5.41) is 22.6. The summed E-state index contributed by atoms with van der Waals surface area (Å²) in [6.07, 6.45) is -0.617. The Bertz CT molecular complexity index is 385. The molecule has 0 aliphatic rings. The van der Waals surface area contributed by atoms with Gasteiger partial charge in [-0.3, -0.25) is 0 Å². The highest BCUT2D eigenvalue weighted by Gasteiger charge is 2.17. The Hall–Kier alpha value is -0.650. The van der Waals surface area contributed by atoms with Crippen molar-refractivity contribution in [1.82, 2.24) is 5.32 Å². The van der Waals surface area contributed by atoms with Gasteiger partial charge < -0.3 is 20.3 Å². The molecular formula is C14H22ClNO3. The van der Waals surface area contributed by atoms with Gasteiger partial charge >= 0.3 is 0 Å². The van der Waals surface area contributed by atoms with Crippen LogP contribution in [0.5, 0.6) is 0 Å². The molecule has 0 aromatic heterocycles. The summed E-state index contributed by atoms with van der Waals surface area (Å²) >= 11 is 6.00. The molecule has 19 heavy (non-hydrogen) atoms. The molecule has 1 unspecified atom stereocenters. The number of aliphatic hydroxyl groups excluding tert-OH is 2. The number of hydrogen-bond donors (Lipinski definition) is 3. The van der Waals surface area contributed by atoms with Crippen LogP contribution in [-0.4, -0.2) is 41.6 Å². The van der Waals surface area contributed by atoms with Crippen LogP contribution in [-0.2, 0) is 11.3 Å². The molecule has 1 atom stereocenters. The molecule has 1 aromatic rings. The molecule has 0 bridgehead atoms. The van der Waals surface area contributed by atoms with E-state index in [1.807, 2.05) is 38.1 Å². The maximum atomic E-state index is 9.75. The van der Waals surface area contributed by atoms with Crippen LogP contribution in [0.4, 0.5) is 0 Å². The zero-order valence-electron chi connectivity index (χ0n) is 11.4. The summed E-state index contributed by atoms with van der Waals surface area (Å²) in [6.45, 7) is 4.71. The van der Waals surface area contributed by atoms with Crippen LogP contribution in [0.3, 0.4) is 0 Å². The lowest BCUT2D eigenvalue weighted by Gasteiger charge is -2.25. The van der Waals surface area contributed by atoms with Gasteiger partial charge in [-0.1, -0.05) is 29.8 Å². The first-order valence-electron chi connectivity index (χ1n) is 6.30. The Morgan fingerprint density at radius 3 is 2.68 bits per heavy atom. The van der Waals surface area contributed by atoms with E-state index in [1.165, 1.54) is 0 Å². The van der Waals surface area contributed by atoms with Crippen LogP contribution in [0.15, 0.2) is 24.3 Å². The molecule has 4 nitrogen and oxygen atoms in total. The van der Waals surface area contributed by atoms with Crippen molar-refractivity contribution in [3.63, 3.8) is 0 Å². The summed E-state index contributed by atoms with van der Waals surface area (Å²) in [5.74, 6) is 0. The lowest BCUT2D eigenvalue weighted by Crippen LogP contribution is -2.46. The minimum atomic E-state index is -0.617. The smallest absolute Gasteiger partial charge is 0.0898 e. The number of β-amino-alcohol motifs (C(OH)–C–C–N with tert-alkyl or cyclic N) is 1. The average molecular weight is 288 g/mol. The quantitative estimate of drug-likeness (QED) is 0.679. The van der Waals surface area contributed by atoms with Crippen molar-refractivity contribution in [2.75, 3.05) is 19.8 Å². The first-order chi connectivity index (χ1) is 8.94. The predicted molar refractivity (Wildman–Crippen MR) is 76.3 cm³/mol. The van der Waals surface area contributed by atoms with Gasteiger partial charge in [-0.05, 0) is 25.5 Å². The van der Waals surface area contributed by atoms with E-state index >= 15 is 0 Å². The van der Waals surface area contributed by atoms with Crippen molar-refractivity contribution in [2.24, 2.45) is 0 Å². The monoisotopic (exact) mass is 287 g/mol. The minimum absolute atomic E-state index is 0.0141. The fourth-order valence-electron chi connectivity index (χ4n) is 1.43. The molecule has 1 rings (SSSR count). The standard InChI is InChI=1S/C14H22ClNO3/c1-14(2,10-17)16-7-12(18)9-19-8-11-5-3-4-6-13(11)15/h3-6,12,16-18H,7-10H2,1-2H3. The van der Waals surface area contributed by atoms with E-state index in [9.17, 15) is 5.11 Å². The van der Waals surface area contributed by atoms with Gasteiger partial charge in [0.05, 0.1) is 25.9 Å². The van der Waals surface area contributed by atoms with E-state index in [2.05, 4.69) is 5.32 Å². The van der Waals surface area contributed by atoms with Crippen molar-refractivity contribution in [2.45, 2.75) is 32.1 Å². The van der Waals surface area contributed by atoms with Crippen molar-refractivity contribution < 1.29 is 14.9 Å². The number of nitrogens with one attached hydrogen (secondary N) is 1. The Morgan fingerprint density at radius 2 is 2.05 bits per heavy atom. The van der Waals surface area contributed by atoms with E-state index < -0.39 is 11.6 Å². The first kappa shape index (κ1) is 16.4. The van der Waals surface area contributed by atoms with Gasteiger partial charge in [0.25, 0.3) is 0 Å². The summed E-state index contributed by atoms with van der Waals surface area (Å²) in [6, 6.07) is 7.46. The van der Waals surface area contributed by atoms with Gasteiger partial charge in [0.2, 0.25) is 0 Å². The lowest BCUT2D eigenvalue weighted by atomic mass is 10.1. The largest absolute Gasteiger partial charge is 0.394 e. The van der Waals surface area contributed by atoms with Crippen LogP contribution in [0.2, 0.25) is 5.02 Å². The molecule has 0 aliphatic heterocycles. The number of hydrogen-bond acceptors (Lipinski definition) is 4. The van der Waals surface area contributed by atoms with E-state index in [-0.39, 0.29) is 13.2 Å². The molecule has 0 amide bonds. The molecular weight excluding hydrogens is 266 g/mol. The van der Waals surface area contributed by atoms with Gasteiger partial charge in [-0.2, -0.15) is 0 Å². The van der Waals surface area contributed by atoms with E-state index in [4.69, 9.17) is 21.4 Å². The van der Waals surface area contributed by atoms with Crippen LogP contribution < -0.4 is 5.32 Å². The highest BCUT2D eigenvalue weighted by molar-refractivity contribution is 6.31. The number of rotatable bonds is 8. The molecule has 0 aliphatic carbocycles. The predicted octanol–water partition coefficient (Wildman–Crippen LogP) is 1.58. The molecule has 5 heteroatoms. The zero-order chi connectivity index (χ0) is 14.3. The van der Waals surface area contributed by atoms with E-state index in [1.54, 1.807) is 0 Å².